The highest BCUT2D eigenvalue weighted by atomic mass is 19.1. The molecule has 0 unspecified atom stereocenters. The van der Waals surface area contributed by atoms with Crippen molar-refractivity contribution in [1.82, 2.24) is 10.2 Å². The van der Waals surface area contributed by atoms with Gasteiger partial charge in [-0.1, -0.05) is 12.1 Å². The minimum Gasteiger partial charge on any atom is -0.392 e. The Balaban J connectivity index is 1.92. The van der Waals surface area contributed by atoms with E-state index in [9.17, 15) is 4.39 Å². The highest BCUT2D eigenvalue weighted by molar-refractivity contribution is 5.24. The molecule has 3 nitrogen and oxygen atoms in total. The fourth-order valence-corrected chi connectivity index (χ4v) is 2.13. The first-order valence-corrected chi connectivity index (χ1v) is 6.11. The van der Waals surface area contributed by atoms with E-state index in [-0.39, 0.29) is 12.4 Å². The maximum atomic E-state index is 13.5. The lowest BCUT2D eigenvalue weighted by molar-refractivity contribution is 0.243. The number of piperazine rings is 1. The van der Waals surface area contributed by atoms with Gasteiger partial charge in [0.2, 0.25) is 0 Å². The predicted octanol–water partition coefficient (Wildman–Crippen LogP) is 0.766. The standard InChI is InChI=1S/C13H19FN2O/c14-13-2-1-11(10-17)9-12(13)3-6-16-7-4-15-5-8-16/h1-2,9,15,17H,3-8,10H2. The number of halogens is 1. The number of aliphatic hydroxyl groups excluding tert-OH is 1. The van der Waals surface area contributed by atoms with Crippen LogP contribution in [0.2, 0.25) is 0 Å². The highest BCUT2D eigenvalue weighted by Gasteiger charge is 2.10. The summed E-state index contributed by atoms with van der Waals surface area (Å²) in [5, 5.41) is 12.3. The second kappa shape index (κ2) is 6.10. The largest absolute Gasteiger partial charge is 0.392 e. The van der Waals surface area contributed by atoms with Gasteiger partial charge in [-0.05, 0) is 23.6 Å². The summed E-state index contributed by atoms with van der Waals surface area (Å²) in [6.45, 7) is 4.94. The van der Waals surface area contributed by atoms with E-state index < -0.39 is 0 Å². The van der Waals surface area contributed by atoms with Crippen molar-refractivity contribution in [3.8, 4) is 0 Å². The Morgan fingerprint density at radius 1 is 1.29 bits per heavy atom. The molecule has 2 rings (SSSR count). The summed E-state index contributed by atoms with van der Waals surface area (Å²) in [7, 11) is 0. The number of benzene rings is 1. The van der Waals surface area contributed by atoms with Crippen LogP contribution in [-0.2, 0) is 13.0 Å². The van der Waals surface area contributed by atoms with Gasteiger partial charge in [0, 0.05) is 32.7 Å². The maximum absolute atomic E-state index is 13.5. The second-order valence-corrected chi connectivity index (χ2v) is 4.43. The van der Waals surface area contributed by atoms with Crippen molar-refractivity contribution in [2.45, 2.75) is 13.0 Å². The fourth-order valence-electron chi connectivity index (χ4n) is 2.13. The average Bonchev–Trinajstić information content (AvgIpc) is 2.39. The van der Waals surface area contributed by atoms with E-state index in [0.29, 0.717) is 12.0 Å². The minimum atomic E-state index is -0.169. The van der Waals surface area contributed by atoms with Crippen LogP contribution in [-0.4, -0.2) is 42.7 Å². The molecule has 94 valence electrons. The molecule has 0 bridgehead atoms. The van der Waals surface area contributed by atoms with Gasteiger partial charge in [-0.3, -0.25) is 0 Å². The Bertz CT molecular complexity index is 364. The van der Waals surface area contributed by atoms with Gasteiger partial charge < -0.3 is 15.3 Å². The Kier molecular flexibility index (Phi) is 4.48. The van der Waals surface area contributed by atoms with E-state index >= 15 is 0 Å². The Morgan fingerprint density at radius 2 is 2.06 bits per heavy atom. The lowest BCUT2D eigenvalue weighted by Gasteiger charge is -2.27. The van der Waals surface area contributed by atoms with Gasteiger partial charge in [-0.15, -0.1) is 0 Å². The van der Waals surface area contributed by atoms with E-state index in [2.05, 4.69) is 10.2 Å². The van der Waals surface area contributed by atoms with E-state index in [1.807, 2.05) is 0 Å². The van der Waals surface area contributed by atoms with Crippen LogP contribution in [0.3, 0.4) is 0 Å². The van der Waals surface area contributed by atoms with Gasteiger partial charge in [-0.2, -0.15) is 0 Å². The third kappa shape index (κ3) is 3.49. The number of hydrogen-bond acceptors (Lipinski definition) is 3. The summed E-state index contributed by atoms with van der Waals surface area (Å²) in [5.41, 5.74) is 1.48. The molecular formula is C13H19FN2O. The molecule has 1 aromatic carbocycles. The first kappa shape index (κ1) is 12.5. The smallest absolute Gasteiger partial charge is 0.126 e. The summed E-state index contributed by atoms with van der Waals surface area (Å²) in [5.74, 6) is -0.169. The van der Waals surface area contributed by atoms with Crippen molar-refractivity contribution in [3.05, 3.63) is 35.1 Å². The number of nitrogens with zero attached hydrogens (tertiary/aromatic N) is 1. The molecule has 0 radical (unpaired) electrons. The van der Waals surface area contributed by atoms with E-state index in [1.54, 1.807) is 12.1 Å². The molecule has 17 heavy (non-hydrogen) atoms. The molecule has 1 fully saturated rings. The van der Waals surface area contributed by atoms with Crippen molar-refractivity contribution < 1.29 is 9.50 Å². The third-order valence-electron chi connectivity index (χ3n) is 3.20. The SMILES string of the molecule is OCc1ccc(F)c(CCN2CCNCC2)c1. The van der Waals surface area contributed by atoms with Crippen LogP contribution in [0.25, 0.3) is 0 Å². The minimum absolute atomic E-state index is 0.0269. The van der Waals surface area contributed by atoms with Gasteiger partial charge in [-0.25, -0.2) is 4.39 Å². The Morgan fingerprint density at radius 3 is 2.76 bits per heavy atom. The molecule has 0 aliphatic carbocycles. The van der Waals surface area contributed by atoms with Crippen LogP contribution < -0.4 is 5.32 Å². The van der Waals surface area contributed by atoms with Gasteiger partial charge in [0.25, 0.3) is 0 Å². The molecule has 1 saturated heterocycles. The van der Waals surface area contributed by atoms with E-state index in [0.717, 1.165) is 38.3 Å². The summed E-state index contributed by atoms with van der Waals surface area (Å²) < 4.78 is 13.5. The van der Waals surface area contributed by atoms with E-state index in [1.165, 1.54) is 6.07 Å². The molecule has 2 N–H and O–H groups in total. The molecular weight excluding hydrogens is 219 g/mol. The number of nitrogens with one attached hydrogen (secondary N) is 1. The van der Waals surface area contributed by atoms with Crippen molar-refractivity contribution in [2.75, 3.05) is 32.7 Å². The summed E-state index contributed by atoms with van der Waals surface area (Å²) >= 11 is 0. The monoisotopic (exact) mass is 238 g/mol. The average molecular weight is 238 g/mol. The van der Waals surface area contributed by atoms with Crippen molar-refractivity contribution in [3.63, 3.8) is 0 Å². The normalized spacial score (nSPS) is 17.3. The number of rotatable bonds is 4. The Hall–Kier alpha value is -0.970. The fraction of sp³-hybridized carbons (Fsp3) is 0.538. The maximum Gasteiger partial charge on any atom is 0.126 e. The Labute approximate surface area is 101 Å². The van der Waals surface area contributed by atoms with Crippen molar-refractivity contribution in [2.24, 2.45) is 0 Å². The molecule has 0 spiro atoms. The van der Waals surface area contributed by atoms with Gasteiger partial charge in [0.05, 0.1) is 6.61 Å². The molecule has 1 aliphatic heterocycles. The number of hydrogen-bond donors (Lipinski definition) is 2. The molecule has 0 amide bonds. The molecule has 0 aromatic heterocycles. The first-order valence-electron chi connectivity index (χ1n) is 6.11. The lowest BCUT2D eigenvalue weighted by Crippen LogP contribution is -2.44. The first-order chi connectivity index (χ1) is 8.29. The lowest BCUT2D eigenvalue weighted by atomic mass is 10.1. The van der Waals surface area contributed by atoms with Crippen molar-refractivity contribution >= 4 is 0 Å². The number of aliphatic hydroxyl groups is 1. The van der Waals surface area contributed by atoms with Gasteiger partial charge >= 0.3 is 0 Å². The van der Waals surface area contributed by atoms with Crippen LogP contribution in [0.15, 0.2) is 18.2 Å². The predicted molar refractivity (Wildman–Crippen MR) is 65.3 cm³/mol. The zero-order valence-corrected chi connectivity index (χ0v) is 9.95. The summed E-state index contributed by atoms with van der Waals surface area (Å²) in [6, 6.07) is 4.83. The zero-order chi connectivity index (χ0) is 12.1. The summed E-state index contributed by atoms with van der Waals surface area (Å²) in [6.07, 6.45) is 0.708. The van der Waals surface area contributed by atoms with Crippen LogP contribution in [0.4, 0.5) is 4.39 Å². The quantitative estimate of drug-likeness (QED) is 0.813. The van der Waals surface area contributed by atoms with Crippen LogP contribution >= 0.6 is 0 Å². The molecule has 0 saturated carbocycles. The zero-order valence-electron chi connectivity index (χ0n) is 9.95. The van der Waals surface area contributed by atoms with Crippen LogP contribution in [0, 0.1) is 5.82 Å². The molecule has 0 atom stereocenters. The topological polar surface area (TPSA) is 35.5 Å². The summed E-state index contributed by atoms with van der Waals surface area (Å²) in [4.78, 5) is 2.33. The molecule has 4 heteroatoms. The van der Waals surface area contributed by atoms with Crippen molar-refractivity contribution in [1.29, 1.82) is 0 Å². The second-order valence-electron chi connectivity index (χ2n) is 4.43. The van der Waals surface area contributed by atoms with Gasteiger partial charge in [0.15, 0.2) is 0 Å². The van der Waals surface area contributed by atoms with E-state index in [4.69, 9.17) is 5.11 Å². The molecule has 1 aliphatic rings. The third-order valence-corrected chi connectivity index (χ3v) is 3.20. The molecule has 1 aromatic rings. The van der Waals surface area contributed by atoms with Crippen LogP contribution in [0.1, 0.15) is 11.1 Å². The van der Waals surface area contributed by atoms with Gasteiger partial charge in [0.1, 0.15) is 5.82 Å². The van der Waals surface area contributed by atoms with Crippen LogP contribution in [0.5, 0.6) is 0 Å². The molecule has 1 heterocycles. The highest BCUT2D eigenvalue weighted by Crippen LogP contribution is 2.12.